The van der Waals surface area contributed by atoms with Crippen LogP contribution in [0.2, 0.25) is 0 Å². The Balaban J connectivity index is 2.14. The predicted octanol–water partition coefficient (Wildman–Crippen LogP) is -0.898. The molecule has 0 aromatic heterocycles. The molecule has 11 heavy (non-hydrogen) atoms. The van der Waals surface area contributed by atoms with Crippen molar-refractivity contribution in [3.05, 3.63) is 0 Å². The van der Waals surface area contributed by atoms with Gasteiger partial charge in [-0.05, 0) is 31.8 Å². The number of rotatable bonds is 3. The Bertz CT molecular complexity index is 167. The van der Waals surface area contributed by atoms with Gasteiger partial charge in [0.1, 0.15) is 0 Å². The monoisotopic (exact) mass is 178 g/mol. The second-order valence-corrected chi connectivity index (χ2v) is 3.66. The van der Waals surface area contributed by atoms with Gasteiger partial charge in [-0.2, -0.15) is 0 Å². The molecule has 0 aliphatic carbocycles. The van der Waals surface area contributed by atoms with E-state index < -0.39 is 10.9 Å². The van der Waals surface area contributed by atoms with Gasteiger partial charge in [0.25, 0.3) is 0 Å². The van der Waals surface area contributed by atoms with Gasteiger partial charge < -0.3 is 5.32 Å². The number of nitrogens with one attached hydrogen (secondary N) is 2. The summed E-state index contributed by atoms with van der Waals surface area (Å²) in [5, 5.41) is 3.22. The summed E-state index contributed by atoms with van der Waals surface area (Å²) in [6, 6.07) is 0. The second kappa shape index (κ2) is 4.69. The summed E-state index contributed by atoms with van der Waals surface area (Å²) in [4.78, 5) is 0. The van der Waals surface area contributed by atoms with Crippen LogP contribution in [-0.4, -0.2) is 28.1 Å². The topological polar surface area (TPSA) is 58.2 Å². The summed E-state index contributed by atoms with van der Waals surface area (Å²) >= 11 is 0. The lowest BCUT2D eigenvalue weighted by Gasteiger charge is -2.21. The zero-order chi connectivity index (χ0) is 8.10. The van der Waals surface area contributed by atoms with Gasteiger partial charge in [0.15, 0.2) is 0 Å². The first-order valence-corrected chi connectivity index (χ1v) is 5.05. The van der Waals surface area contributed by atoms with E-state index in [9.17, 15) is 8.42 Å². The minimum absolute atomic E-state index is 0.483. The maximum Gasteiger partial charge on any atom is 0.201 e. The molecule has 1 fully saturated rings. The highest BCUT2D eigenvalue weighted by Crippen LogP contribution is 2.07. The molecular formula is C6H14N2O2S. The third-order valence-electron chi connectivity index (χ3n) is 1.91. The van der Waals surface area contributed by atoms with Crippen molar-refractivity contribution >= 4 is 10.9 Å². The van der Waals surface area contributed by atoms with Gasteiger partial charge in [0.05, 0.1) is 0 Å². The van der Waals surface area contributed by atoms with Crippen LogP contribution in [0, 0.1) is 5.92 Å². The van der Waals surface area contributed by atoms with Gasteiger partial charge >= 0.3 is 0 Å². The van der Waals surface area contributed by atoms with Crippen LogP contribution in [0.5, 0.6) is 0 Å². The van der Waals surface area contributed by atoms with Crippen LogP contribution < -0.4 is 10.0 Å². The van der Waals surface area contributed by atoms with Crippen LogP contribution in [-0.2, 0) is 10.9 Å². The first-order chi connectivity index (χ1) is 5.29. The fraction of sp³-hybridized carbons (Fsp3) is 1.00. The van der Waals surface area contributed by atoms with Crippen molar-refractivity contribution in [2.24, 2.45) is 5.92 Å². The van der Waals surface area contributed by atoms with Gasteiger partial charge in [-0.1, -0.05) is 0 Å². The number of thiol groups is 1. The second-order valence-electron chi connectivity index (χ2n) is 2.83. The normalized spacial score (nSPS) is 25.7. The first kappa shape index (κ1) is 8.96. The Morgan fingerprint density at radius 2 is 2.36 bits per heavy atom. The van der Waals surface area contributed by atoms with Gasteiger partial charge in [0.2, 0.25) is 10.9 Å². The molecule has 0 saturated carbocycles. The maximum absolute atomic E-state index is 10.1. The fourth-order valence-corrected chi connectivity index (χ4v) is 1.71. The summed E-state index contributed by atoms with van der Waals surface area (Å²) in [5.41, 5.74) is 0. The average molecular weight is 178 g/mol. The summed E-state index contributed by atoms with van der Waals surface area (Å²) in [6.07, 6.45) is 2.28. The standard InChI is InChI=1S/C6H14N2O2S/c9-11(10)8-5-6-2-1-3-7-4-6/h6-7,11H,1-5H2,(H,8,9,10). The SMILES string of the molecule is O=[SH](=O)NCC1CCCNC1. The van der Waals surface area contributed by atoms with Crippen molar-refractivity contribution in [3.63, 3.8) is 0 Å². The smallest absolute Gasteiger partial charge is 0.201 e. The molecular weight excluding hydrogens is 164 g/mol. The molecule has 0 aromatic rings. The van der Waals surface area contributed by atoms with Crippen LogP contribution >= 0.6 is 0 Å². The molecule has 5 heteroatoms. The highest BCUT2D eigenvalue weighted by molar-refractivity contribution is 7.70. The summed E-state index contributed by atoms with van der Waals surface area (Å²) < 4.78 is 22.7. The average Bonchev–Trinajstić information content (AvgIpc) is 2.03. The minimum atomic E-state index is -2.40. The van der Waals surface area contributed by atoms with E-state index in [1.54, 1.807) is 0 Å². The number of hydrogen-bond acceptors (Lipinski definition) is 3. The first-order valence-electron chi connectivity index (χ1n) is 3.87. The van der Waals surface area contributed by atoms with Crippen LogP contribution in [0.3, 0.4) is 0 Å². The van der Waals surface area contributed by atoms with E-state index in [1.165, 1.54) is 0 Å². The van der Waals surface area contributed by atoms with Crippen LogP contribution in [0.15, 0.2) is 0 Å². The van der Waals surface area contributed by atoms with E-state index >= 15 is 0 Å². The molecule has 1 unspecified atom stereocenters. The van der Waals surface area contributed by atoms with Gasteiger partial charge in [-0.15, -0.1) is 0 Å². The lowest BCUT2D eigenvalue weighted by atomic mass is 10.0. The highest BCUT2D eigenvalue weighted by atomic mass is 32.2. The molecule has 0 spiro atoms. The Morgan fingerprint density at radius 1 is 1.55 bits per heavy atom. The molecule has 1 heterocycles. The molecule has 1 saturated heterocycles. The molecule has 1 atom stereocenters. The van der Waals surface area contributed by atoms with E-state index in [-0.39, 0.29) is 0 Å². The third kappa shape index (κ3) is 3.69. The lowest BCUT2D eigenvalue weighted by Crippen LogP contribution is -2.35. The van der Waals surface area contributed by atoms with E-state index in [0.717, 1.165) is 25.9 Å². The molecule has 0 aromatic carbocycles. The summed E-state index contributed by atoms with van der Waals surface area (Å²) in [7, 11) is -2.40. The fourth-order valence-electron chi connectivity index (χ4n) is 1.30. The maximum atomic E-state index is 10.1. The van der Waals surface area contributed by atoms with Crippen molar-refractivity contribution in [3.8, 4) is 0 Å². The highest BCUT2D eigenvalue weighted by Gasteiger charge is 2.11. The molecule has 1 aliphatic rings. The Morgan fingerprint density at radius 3 is 2.91 bits per heavy atom. The van der Waals surface area contributed by atoms with Gasteiger partial charge in [-0.25, -0.2) is 13.1 Å². The predicted molar refractivity (Wildman–Crippen MR) is 43.9 cm³/mol. The van der Waals surface area contributed by atoms with Crippen molar-refractivity contribution in [2.45, 2.75) is 12.8 Å². The molecule has 0 bridgehead atoms. The van der Waals surface area contributed by atoms with Crippen LogP contribution in [0.25, 0.3) is 0 Å². The van der Waals surface area contributed by atoms with Crippen molar-refractivity contribution in [1.82, 2.24) is 10.0 Å². The molecule has 4 nitrogen and oxygen atoms in total. The van der Waals surface area contributed by atoms with E-state index in [4.69, 9.17) is 0 Å². The van der Waals surface area contributed by atoms with E-state index in [0.29, 0.717) is 12.5 Å². The van der Waals surface area contributed by atoms with Crippen molar-refractivity contribution in [2.75, 3.05) is 19.6 Å². The minimum Gasteiger partial charge on any atom is -0.316 e. The molecule has 0 amide bonds. The molecule has 0 radical (unpaired) electrons. The Hall–Kier alpha value is -0.130. The molecule has 66 valence electrons. The Kier molecular flexibility index (Phi) is 3.82. The van der Waals surface area contributed by atoms with Crippen molar-refractivity contribution < 1.29 is 8.42 Å². The molecule has 2 N–H and O–H groups in total. The summed E-state index contributed by atoms with van der Waals surface area (Å²) in [5.74, 6) is 0.483. The third-order valence-corrected chi connectivity index (χ3v) is 2.35. The van der Waals surface area contributed by atoms with Crippen molar-refractivity contribution in [1.29, 1.82) is 0 Å². The number of piperidine rings is 1. The molecule has 1 aliphatic heterocycles. The van der Waals surface area contributed by atoms with E-state index in [1.807, 2.05) is 0 Å². The zero-order valence-electron chi connectivity index (χ0n) is 6.38. The van der Waals surface area contributed by atoms with Gasteiger partial charge in [-0.3, -0.25) is 0 Å². The summed E-state index contributed by atoms with van der Waals surface area (Å²) in [6.45, 7) is 2.60. The lowest BCUT2D eigenvalue weighted by molar-refractivity contribution is 0.377. The zero-order valence-corrected chi connectivity index (χ0v) is 7.27. The van der Waals surface area contributed by atoms with Crippen LogP contribution in [0.4, 0.5) is 0 Å². The largest absolute Gasteiger partial charge is 0.316 e. The number of hydrogen-bond donors (Lipinski definition) is 3. The van der Waals surface area contributed by atoms with Crippen LogP contribution in [0.1, 0.15) is 12.8 Å². The quantitative estimate of drug-likeness (QED) is 0.491. The molecule has 1 rings (SSSR count). The van der Waals surface area contributed by atoms with E-state index in [2.05, 4.69) is 10.0 Å². The van der Waals surface area contributed by atoms with Gasteiger partial charge in [0, 0.05) is 6.54 Å². The Labute approximate surface area is 68.5 Å².